The fraction of sp³-hybridized carbons (Fsp3) is 0.286. The molecular formula is C21H24N4O3. The van der Waals surface area contributed by atoms with E-state index >= 15 is 0 Å². The minimum Gasteiger partial charge on any atom is -0.445 e. The molecule has 1 aliphatic heterocycles. The first kappa shape index (κ1) is 19.6. The van der Waals surface area contributed by atoms with Crippen molar-refractivity contribution in [1.29, 1.82) is 0 Å². The number of benzene rings is 2. The van der Waals surface area contributed by atoms with Crippen LogP contribution in [0.1, 0.15) is 16.7 Å². The number of hydrogen-bond donors (Lipinski definition) is 2. The molecule has 7 nitrogen and oxygen atoms in total. The van der Waals surface area contributed by atoms with Crippen LogP contribution < -0.4 is 10.6 Å². The monoisotopic (exact) mass is 380 g/mol. The second-order valence-corrected chi connectivity index (χ2v) is 6.91. The number of nitrogens with one attached hydrogen (secondary N) is 2. The Balaban J connectivity index is 1.78. The number of amides is 2. The number of aryl methyl sites for hydroxylation is 1. The molecule has 2 aromatic carbocycles. The molecule has 1 atom stereocenters. The Morgan fingerprint density at radius 3 is 2.64 bits per heavy atom. The van der Waals surface area contributed by atoms with Crippen LogP contribution in [0.2, 0.25) is 0 Å². The Morgan fingerprint density at radius 2 is 1.93 bits per heavy atom. The number of likely N-dealkylation sites (N-methyl/N-ethyl adjacent to an activating group) is 1. The third kappa shape index (κ3) is 4.75. The van der Waals surface area contributed by atoms with Gasteiger partial charge in [-0.2, -0.15) is 0 Å². The summed E-state index contributed by atoms with van der Waals surface area (Å²) in [6, 6.07) is 15.1. The second kappa shape index (κ2) is 8.67. The van der Waals surface area contributed by atoms with E-state index in [0.717, 1.165) is 28.1 Å². The van der Waals surface area contributed by atoms with E-state index in [-0.39, 0.29) is 6.61 Å². The molecule has 7 heteroatoms. The van der Waals surface area contributed by atoms with Gasteiger partial charge in [-0.3, -0.25) is 15.1 Å². The smallest absolute Gasteiger partial charge is 0.409 e. The van der Waals surface area contributed by atoms with E-state index in [1.54, 1.807) is 0 Å². The van der Waals surface area contributed by atoms with Gasteiger partial charge in [-0.1, -0.05) is 48.5 Å². The molecule has 0 saturated carbocycles. The number of alkyl carbamates (subject to hydrolysis) is 1. The van der Waals surface area contributed by atoms with Crippen molar-refractivity contribution in [3.05, 3.63) is 65.2 Å². The number of ether oxygens (including phenoxy) is 1. The van der Waals surface area contributed by atoms with Gasteiger partial charge in [-0.15, -0.1) is 0 Å². The molecule has 0 spiro atoms. The van der Waals surface area contributed by atoms with Gasteiger partial charge >= 0.3 is 6.09 Å². The predicted octanol–water partition coefficient (Wildman–Crippen LogP) is 2.55. The van der Waals surface area contributed by atoms with E-state index in [1.165, 1.54) is 0 Å². The Kier molecular flexibility index (Phi) is 6.06. The van der Waals surface area contributed by atoms with Crippen LogP contribution in [0.4, 0.5) is 10.5 Å². The van der Waals surface area contributed by atoms with Crippen LogP contribution in [0.15, 0.2) is 53.5 Å². The zero-order valence-corrected chi connectivity index (χ0v) is 16.2. The standard InChI is InChI=1S/C21H24N4O3/c1-14-8-7-11-16-17(12-25(2)3)22-19(20(26)23-18(14)16)24-21(27)28-13-15-9-5-4-6-10-15/h4-11,19H,12-13H2,1-3H3,(H,23,26)(H,24,27)/t19-/m1/s1. The van der Waals surface area contributed by atoms with E-state index in [9.17, 15) is 9.59 Å². The van der Waals surface area contributed by atoms with Crippen molar-refractivity contribution in [3.63, 3.8) is 0 Å². The predicted molar refractivity (Wildman–Crippen MR) is 108 cm³/mol. The van der Waals surface area contributed by atoms with Gasteiger partial charge in [0.05, 0.1) is 11.4 Å². The lowest BCUT2D eigenvalue weighted by molar-refractivity contribution is -0.117. The molecular weight excluding hydrogens is 356 g/mol. The molecule has 0 saturated heterocycles. The number of nitrogens with zero attached hydrogens (tertiary/aromatic N) is 2. The van der Waals surface area contributed by atoms with E-state index in [1.807, 2.05) is 74.4 Å². The maximum Gasteiger partial charge on any atom is 0.409 e. The summed E-state index contributed by atoms with van der Waals surface area (Å²) < 4.78 is 5.23. The highest BCUT2D eigenvalue weighted by molar-refractivity contribution is 6.13. The summed E-state index contributed by atoms with van der Waals surface area (Å²) in [5, 5.41) is 5.44. The van der Waals surface area contributed by atoms with E-state index in [0.29, 0.717) is 6.54 Å². The Bertz CT molecular complexity index is 894. The second-order valence-electron chi connectivity index (χ2n) is 6.91. The zero-order valence-electron chi connectivity index (χ0n) is 16.2. The number of carbonyl (C=O) groups is 2. The van der Waals surface area contributed by atoms with Gasteiger partial charge in [-0.05, 0) is 32.1 Å². The first-order valence-electron chi connectivity index (χ1n) is 9.03. The number of fused-ring (bicyclic) bond motifs is 1. The maximum absolute atomic E-state index is 12.7. The molecule has 0 aromatic heterocycles. The summed E-state index contributed by atoms with van der Waals surface area (Å²) in [4.78, 5) is 31.4. The van der Waals surface area contributed by atoms with Crippen molar-refractivity contribution in [3.8, 4) is 0 Å². The van der Waals surface area contributed by atoms with Crippen LogP contribution in [-0.2, 0) is 16.1 Å². The zero-order chi connectivity index (χ0) is 20.1. The average molecular weight is 380 g/mol. The molecule has 28 heavy (non-hydrogen) atoms. The summed E-state index contributed by atoms with van der Waals surface area (Å²) in [5.74, 6) is -0.402. The highest BCUT2D eigenvalue weighted by Crippen LogP contribution is 2.24. The summed E-state index contributed by atoms with van der Waals surface area (Å²) in [6.07, 6.45) is -1.76. The maximum atomic E-state index is 12.7. The molecule has 0 unspecified atom stereocenters. The molecule has 0 fully saturated rings. The van der Waals surface area contributed by atoms with Gasteiger partial charge in [0.15, 0.2) is 0 Å². The quantitative estimate of drug-likeness (QED) is 0.835. The summed E-state index contributed by atoms with van der Waals surface area (Å²) in [6.45, 7) is 2.57. The highest BCUT2D eigenvalue weighted by Gasteiger charge is 2.27. The van der Waals surface area contributed by atoms with Gasteiger partial charge in [0.2, 0.25) is 6.17 Å². The number of hydrogen-bond acceptors (Lipinski definition) is 5. The lowest BCUT2D eigenvalue weighted by Gasteiger charge is -2.15. The molecule has 0 radical (unpaired) electrons. The summed E-state index contributed by atoms with van der Waals surface area (Å²) in [5.41, 5.74) is 4.09. The molecule has 2 N–H and O–H groups in total. The minimum absolute atomic E-state index is 0.120. The fourth-order valence-corrected chi connectivity index (χ4v) is 2.95. The largest absolute Gasteiger partial charge is 0.445 e. The fourth-order valence-electron chi connectivity index (χ4n) is 2.95. The number of carbonyl (C=O) groups excluding carboxylic acids is 2. The number of benzodiazepines with no additional fused rings is 1. The number of aliphatic imine (C=N–C) groups is 1. The third-order valence-electron chi connectivity index (χ3n) is 4.30. The van der Waals surface area contributed by atoms with Crippen LogP contribution in [0.3, 0.4) is 0 Å². The summed E-state index contributed by atoms with van der Waals surface area (Å²) >= 11 is 0. The molecule has 2 amide bonds. The van der Waals surface area contributed by atoms with Crippen LogP contribution >= 0.6 is 0 Å². The third-order valence-corrected chi connectivity index (χ3v) is 4.30. The molecule has 0 aliphatic carbocycles. The number of para-hydroxylation sites is 1. The Hall–Kier alpha value is -3.19. The van der Waals surface area contributed by atoms with Gasteiger partial charge in [-0.25, -0.2) is 4.79 Å². The normalized spacial score (nSPS) is 15.9. The van der Waals surface area contributed by atoms with Gasteiger partial charge < -0.3 is 15.0 Å². The Morgan fingerprint density at radius 1 is 1.18 bits per heavy atom. The van der Waals surface area contributed by atoms with Crippen molar-refractivity contribution in [2.75, 3.05) is 26.0 Å². The van der Waals surface area contributed by atoms with E-state index < -0.39 is 18.2 Å². The molecule has 3 rings (SSSR count). The van der Waals surface area contributed by atoms with Crippen LogP contribution in [0.25, 0.3) is 0 Å². The van der Waals surface area contributed by atoms with Crippen molar-refractivity contribution in [1.82, 2.24) is 10.2 Å². The molecule has 146 valence electrons. The Labute approximate surface area is 164 Å². The van der Waals surface area contributed by atoms with Crippen molar-refractivity contribution in [2.24, 2.45) is 4.99 Å². The van der Waals surface area contributed by atoms with E-state index in [4.69, 9.17) is 4.74 Å². The van der Waals surface area contributed by atoms with Crippen molar-refractivity contribution < 1.29 is 14.3 Å². The summed E-state index contributed by atoms with van der Waals surface area (Å²) in [7, 11) is 3.85. The molecule has 0 bridgehead atoms. The molecule has 2 aromatic rings. The first-order chi connectivity index (χ1) is 13.4. The van der Waals surface area contributed by atoms with E-state index in [2.05, 4.69) is 15.6 Å². The lowest BCUT2D eigenvalue weighted by Crippen LogP contribution is -2.42. The van der Waals surface area contributed by atoms with Crippen LogP contribution in [0, 0.1) is 6.92 Å². The average Bonchev–Trinajstić information content (AvgIpc) is 2.79. The lowest BCUT2D eigenvalue weighted by atomic mass is 10.0. The first-order valence-corrected chi connectivity index (χ1v) is 9.03. The van der Waals surface area contributed by atoms with Gasteiger partial charge in [0.1, 0.15) is 6.61 Å². The molecule has 1 heterocycles. The van der Waals surface area contributed by atoms with Gasteiger partial charge in [0, 0.05) is 12.1 Å². The topological polar surface area (TPSA) is 83.0 Å². The van der Waals surface area contributed by atoms with Crippen molar-refractivity contribution >= 4 is 23.4 Å². The minimum atomic E-state index is -1.06. The van der Waals surface area contributed by atoms with Crippen molar-refractivity contribution in [2.45, 2.75) is 19.7 Å². The number of anilines is 1. The highest BCUT2D eigenvalue weighted by atomic mass is 16.5. The van der Waals surface area contributed by atoms with Crippen LogP contribution in [-0.4, -0.2) is 49.4 Å². The number of rotatable bonds is 5. The molecule has 1 aliphatic rings. The van der Waals surface area contributed by atoms with Gasteiger partial charge in [0.25, 0.3) is 5.91 Å². The van der Waals surface area contributed by atoms with Crippen LogP contribution in [0.5, 0.6) is 0 Å². The SMILES string of the molecule is Cc1cccc2c1NC(=O)[C@@H](NC(=O)OCc1ccccc1)N=C2CN(C)C.